The molecule has 1 aliphatic heterocycles. The third-order valence-electron chi connectivity index (χ3n) is 4.58. The Morgan fingerprint density at radius 1 is 1.19 bits per heavy atom. The van der Waals surface area contributed by atoms with E-state index in [1.807, 2.05) is 30.9 Å². The van der Waals surface area contributed by atoms with Crippen LogP contribution in [0.5, 0.6) is 0 Å². The molecule has 0 bridgehead atoms. The van der Waals surface area contributed by atoms with Crippen LogP contribution < -0.4 is 0 Å². The largest absolute Gasteiger partial charge is 0.457 e. The number of benzene rings is 1. The van der Waals surface area contributed by atoms with Gasteiger partial charge >= 0.3 is 5.97 Å². The van der Waals surface area contributed by atoms with Crippen LogP contribution in [-0.4, -0.2) is 35.0 Å². The molecule has 6 heteroatoms. The quantitative estimate of drug-likeness (QED) is 0.764. The first-order valence-corrected chi connectivity index (χ1v) is 8.99. The minimum atomic E-state index is -0.440. The van der Waals surface area contributed by atoms with Crippen LogP contribution in [0.2, 0.25) is 0 Å². The summed E-state index contributed by atoms with van der Waals surface area (Å²) in [5.41, 5.74) is 2.43. The molecule has 1 aromatic carbocycles. The van der Waals surface area contributed by atoms with Gasteiger partial charge in [-0.3, -0.25) is 4.79 Å². The summed E-state index contributed by atoms with van der Waals surface area (Å²) in [4.78, 5) is 26.6. The van der Waals surface area contributed by atoms with Crippen molar-refractivity contribution in [1.82, 2.24) is 10.1 Å². The summed E-state index contributed by atoms with van der Waals surface area (Å²) < 4.78 is 10.6. The predicted molar refractivity (Wildman–Crippen MR) is 96.0 cm³/mol. The smallest absolute Gasteiger partial charge is 0.344 e. The van der Waals surface area contributed by atoms with Crippen molar-refractivity contribution in [3.8, 4) is 0 Å². The molecule has 0 radical (unpaired) electrons. The molecule has 1 amide bonds. The first-order chi connectivity index (χ1) is 12.5. The highest BCUT2D eigenvalue weighted by molar-refractivity contribution is 5.94. The van der Waals surface area contributed by atoms with Gasteiger partial charge in [0, 0.05) is 24.6 Å². The van der Waals surface area contributed by atoms with Crippen molar-refractivity contribution in [3.63, 3.8) is 0 Å². The fraction of sp³-hybridized carbons (Fsp3) is 0.450. The lowest BCUT2D eigenvalue weighted by atomic mass is 10.1. The van der Waals surface area contributed by atoms with E-state index in [4.69, 9.17) is 9.26 Å². The molecule has 1 saturated heterocycles. The Labute approximate surface area is 153 Å². The maximum atomic E-state index is 12.4. The number of aryl methyl sites for hydroxylation is 1. The van der Waals surface area contributed by atoms with E-state index >= 15 is 0 Å². The van der Waals surface area contributed by atoms with E-state index in [-0.39, 0.29) is 18.4 Å². The fourth-order valence-corrected chi connectivity index (χ4v) is 3.10. The molecule has 1 fully saturated rings. The molecular weight excluding hydrogens is 332 g/mol. The Morgan fingerprint density at radius 3 is 2.46 bits per heavy atom. The summed E-state index contributed by atoms with van der Waals surface area (Å²) >= 11 is 0. The number of amides is 1. The molecule has 0 saturated carbocycles. The Bertz CT molecular complexity index is 787. The summed E-state index contributed by atoms with van der Waals surface area (Å²) in [7, 11) is 0. The molecule has 3 rings (SSSR count). The maximum absolute atomic E-state index is 12.4. The van der Waals surface area contributed by atoms with Gasteiger partial charge in [-0.05, 0) is 37.5 Å². The molecule has 0 atom stereocenters. The zero-order valence-corrected chi connectivity index (χ0v) is 15.4. The second-order valence-electron chi connectivity index (χ2n) is 6.93. The van der Waals surface area contributed by atoms with Gasteiger partial charge in [0.05, 0.1) is 5.69 Å². The fourth-order valence-electron chi connectivity index (χ4n) is 3.10. The molecule has 138 valence electrons. The summed E-state index contributed by atoms with van der Waals surface area (Å²) in [5.74, 6) is 0.214. The summed E-state index contributed by atoms with van der Waals surface area (Å²) in [5, 5.41) is 3.86. The van der Waals surface area contributed by atoms with Crippen molar-refractivity contribution in [2.24, 2.45) is 0 Å². The number of nitrogens with zero attached hydrogens (tertiary/aromatic N) is 2. The second-order valence-corrected chi connectivity index (χ2v) is 6.93. The monoisotopic (exact) mass is 356 g/mol. The van der Waals surface area contributed by atoms with Crippen molar-refractivity contribution >= 4 is 11.9 Å². The van der Waals surface area contributed by atoms with Crippen LogP contribution in [0.4, 0.5) is 0 Å². The van der Waals surface area contributed by atoms with Gasteiger partial charge in [0.25, 0.3) is 5.91 Å². The van der Waals surface area contributed by atoms with E-state index in [1.54, 1.807) is 19.1 Å². The SMILES string of the molecule is Cc1noc(C(C)C)c1C(=O)OCc1ccc(C(=O)N2CCCC2)cc1. The Kier molecular flexibility index (Phi) is 5.40. The lowest BCUT2D eigenvalue weighted by Crippen LogP contribution is -2.27. The van der Waals surface area contributed by atoms with Gasteiger partial charge in [-0.25, -0.2) is 4.79 Å². The highest BCUT2D eigenvalue weighted by Gasteiger charge is 2.24. The molecule has 0 N–H and O–H groups in total. The van der Waals surface area contributed by atoms with Crippen LogP contribution in [0.15, 0.2) is 28.8 Å². The summed E-state index contributed by atoms with van der Waals surface area (Å²) in [6, 6.07) is 7.21. The third-order valence-corrected chi connectivity index (χ3v) is 4.58. The predicted octanol–water partition coefficient (Wildman–Crippen LogP) is 3.70. The van der Waals surface area contributed by atoms with E-state index in [2.05, 4.69) is 5.16 Å². The lowest BCUT2D eigenvalue weighted by Gasteiger charge is -2.15. The van der Waals surface area contributed by atoms with Crippen molar-refractivity contribution in [1.29, 1.82) is 0 Å². The van der Waals surface area contributed by atoms with Gasteiger partial charge < -0.3 is 14.2 Å². The normalized spacial score (nSPS) is 14.1. The topological polar surface area (TPSA) is 72.6 Å². The molecule has 26 heavy (non-hydrogen) atoms. The first-order valence-electron chi connectivity index (χ1n) is 8.99. The maximum Gasteiger partial charge on any atom is 0.344 e. The molecule has 2 heterocycles. The molecule has 2 aromatic rings. The molecule has 1 aliphatic rings. The minimum Gasteiger partial charge on any atom is -0.457 e. The van der Waals surface area contributed by atoms with Gasteiger partial charge in [0.15, 0.2) is 5.76 Å². The number of hydrogen-bond donors (Lipinski definition) is 0. The minimum absolute atomic E-state index is 0.0506. The first kappa shape index (κ1) is 18.2. The lowest BCUT2D eigenvalue weighted by molar-refractivity contribution is 0.0468. The highest BCUT2D eigenvalue weighted by atomic mass is 16.5. The molecule has 0 spiro atoms. The van der Waals surface area contributed by atoms with Crippen LogP contribution >= 0.6 is 0 Å². The number of likely N-dealkylation sites (tertiary alicyclic amines) is 1. The summed E-state index contributed by atoms with van der Waals surface area (Å²) in [6.45, 7) is 7.40. The average molecular weight is 356 g/mol. The second kappa shape index (κ2) is 7.72. The van der Waals surface area contributed by atoms with Crippen molar-refractivity contribution < 1.29 is 18.8 Å². The van der Waals surface area contributed by atoms with Gasteiger partial charge in [0.1, 0.15) is 12.2 Å². The zero-order valence-electron chi connectivity index (χ0n) is 15.4. The van der Waals surface area contributed by atoms with Crippen molar-refractivity contribution in [2.45, 2.75) is 46.1 Å². The third kappa shape index (κ3) is 3.79. The van der Waals surface area contributed by atoms with Crippen LogP contribution in [-0.2, 0) is 11.3 Å². The van der Waals surface area contributed by atoms with E-state index < -0.39 is 5.97 Å². The number of carbonyl (C=O) groups excluding carboxylic acids is 2. The van der Waals surface area contributed by atoms with Crippen LogP contribution in [0.25, 0.3) is 0 Å². The zero-order chi connectivity index (χ0) is 18.7. The van der Waals surface area contributed by atoms with E-state index in [9.17, 15) is 9.59 Å². The van der Waals surface area contributed by atoms with Crippen LogP contribution in [0.1, 0.15) is 70.3 Å². The van der Waals surface area contributed by atoms with Gasteiger partial charge in [-0.2, -0.15) is 0 Å². The number of rotatable bonds is 5. The Hall–Kier alpha value is -2.63. The number of esters is 1. The van der Waals surface area contributed by atoms with Crippen LogP contribution in [0.3, 0.4) is 0 Å². The highest BCUT2D eigenvalue weighted by Crippen LogP contribution is 2.23. The average Bonchev–Trinajstić information content (AvgIpc) is 3.29. The van der Waals surface area contributed by atoms with Gasteiger partial charge in [-0.1, -0.05) is 31.1 Å². The number of ether oxygens (including phenoxy) is 1. The van der Waals surface area contributed by atoms with E-state index in [1.165, 1.54) is 0 Å². The molecule has 0 unspecified atom stereocenters. The molecule has 1 aromatic heterocycles. The van der Waals surface area contributed by atoms with E-state index in [0.717, 1.165) is 31.5 Å². The standard InChI is InChI=1S/C20H24N2O4/c1-13(2)18-17(14(3)21-26-18)20(24)25-12-15-6-8-16(9-7-15)19(23)22-10-4-5-11-22/h6-9,13H,4-5,10-12H2,1-3H3. The summed E-state index contributed by atoms with van der Waals surface area (Å²) in [6.07, 6.45) is 2.14. The number of carbonyl (C=O) groups is 2. The Morgan fingerprint density at radius 2 is 1.85 bits per heavy atom. The van der Waals surface area contributed by atoms with Crippen LogP contribution in [0, 0.1) is 6.92 Å². The van der Waals surface area contributed by atoms with Gasteiger partial charge in [0.2, 0.25) is 0 Å². The molecule has 0 aliphatic carbocycles. The molecule has 6 nitrogen and oxygen atoms in total. The van der Waals surface area contributed by atoms with Gasteiger partial charge in [-0.15, -0.1) is 0 Å². The van der Waals surface area contributed by atoms with Crippen molar-refractivity contribution in [2.75, 3.05) is 13.1 Å². The number of hydrogen-bond acceptors (Lipinski definition) is 5. The number of aromatic nitrogens is 1. The van der Waals surface area contributed by atoms with E-state index in [0.29, 0.717) is 22.6 Å². The Balaban J connectivity index is 1.62. The molecular formula is C20H24N2O4. The van der Waals surface area contributed by atoms with Crippen molar-refractivity contribution in [3.05, 3.63) is 52.4 Å².